The van der Waals surface area contributed by atoms with Gasteiger partial charge in [-0.2, -0.15) is 5.26 Å². The second kappa shape index (κ2) is 7.81. The molecule has 1 aliphatic carbocycles. The average Bonchev–Trinajstić information content (AvgIpc) is 3.14. The molecule has 2 aromatic rings. The van der Waals surface area contributed by atoms with Crippen molar-refractivity contribution in [3.8, 4) is 11.8 Å². The third-order valence-corrected chi connectivity index (χ3v) is 5.22. The molecule has 5 nitrogen and oxygen atoms in total. The van der Waals surface area contributed by atoms with Crippen LogP contribution in [0, 0.1) is 11.3 Å². The minimum Gasteiger partial charge on any atom is -0.425 e. The lowest BCUT2D eigenvalue weighted by molar-refractivity contribution is -0.132. The van der Waals surface area contributed by atoms with Gasteiger partial charge in [-0.1, -0.05) is 42.6 Å². The number of rotatable bonds is 4. The van der Waals surface area contributed by atoms with Gasteiger partial charge in [0.25, 0.3) is 0 Å². The molecule has 1 amide bonds. The van der Waals surface area contributed by atoms with Gasteiger partial charge in [0.2, 0.25) is 5.91 Å². The molecule has 3 rings (SSSR count). The van der Waals surface area contributed by atoms with Crippen LogP contribution in [0.3, 0.4) is 0 Å². The third kappa shape index (κ3) is 3.81. The maximum Gasteiger partial charge on any atom is 0.308 e. The molecule has 0 unspecified atom stereocenters. The lowest BCUT2D eigenvalue weighted by Crippen LogP contribution is -2.38. The van der Waals surface area contributed by atoms with Crippen molar-refractivity contribution in [3.63, 3.8) is 0 Å². The van der Waals surface area contributed by atoms with E-state index < -0.39 is 11.4 Å². The molecule has 0 saturated heterocycles. The fourth-order valence-corrected chi connectivity index (χ4v) is 3.95. The maximum atomic E-state index is 13.2. The summed E-state index contributed by atoms with van der Waals surface area (Å²) in [4.78, 5) is 24.3. The summed E-state index contributed by atoms with van der Waals surface area (Å²) in [6.07, 6.45) is 3.35. The molecule has 1 aliphatic rings. The SMILES string of the molecule is CC(=O)Oc1ccc(NC(=O)C2(c3ccccc3Cl)CCCC2)cc1C#N. The first-order valence-corrected chi connectivity index (χ1v) is 9.13. The highest BCUT2D eigenvalue weighted by Gasteiger charge is 2.43. The minimum atomic E-state index is -0.681. The monoisotopic (exact) mass is 382 g/mol. The van der Waals surface area contributed by atoms with E-state index in [9.17, 15) is 14.9 Å². The summed E-state index contributed by atoms with van der Waals surface area (Å²) in [5, 5.41) is 12.8. The van der Waals surface area contributed by atoms with Crippen LogP contribution in [0.2, 0.25) is 5.02 Å². The van der Waals surface area contributed by atoms with E-state index in [1.165, 1.54) is 19.1 Å². The van der Waals surface area contributed by atoms with Crippen molar-refractivity contribution in [2.45, 2.75) is 38.0 Å². The first kappa shape index (κ1) is 18.9. The fourth-order valence-electron chi connectivity index (χ4n) is 3.64. The van der Waals surface area contributed by atoms with Crippen molar-refractivity contribution in [1.82, 2.24) is 0 Å². The van der Waals surface area contributed by atoms with Gasteiger partial charge in [-0.3, -0.25) is 9.59 Å². The Morgan fingerprint density at radius 1 is 1.19 bits per heavy atom. The van der Waals surface area contributed by atoms with Crippen molar-refractivity contribution >= 4 is 29.2 Å². The molecule has 1 N–H and O–H groups in total. The van der Waals surface area contributed by atoms with Crippen molar-refractivity contribution in [1.29, 1.82) is 5.26 Å². The number of carbonyl (C=O) groups excluding carboxylic acids is 2. The number of nitriles is 1. The molecule has 138 valence electrons. The van der Waals surface area contributed by atoms with Gasteiger partial charge in [-0.25, -0.2) is 0 Å². The van der Waals surface area contributed by atoms with Crippen molar-refractivity contribution < 1.29 is 14.3 Å². The molecule has 0 atom stereocenters. The Bertz CT molecular complexity index is 927. The largest absolute Gasteiger partial charge is 0.425 e. The zero-order valence-electron chi connectivity index (χ0n) is 14.9. The summed E-state index contributed by atoms with van der Waals surface area (Å²) in [7, 11) is 0. The summed E-state index contributed by atoms with van der Waals surface area (Å²) in [6, 6.07) is 14.0. The molecule has 0 aliphatic heterocycles. The number of halogens is 1. The predicted octanol–water partition coefficient (Wildman–Crippen LogP) is 4.59. The van der Waals surface area contributed by atoms with Gasteiger partial charge >= 0.3 is 5.97 Å². The van der Waals surface area contributed by atoms with Crippen LogP contribution in [0.15, 0.2) is 42.5 Å². The summed E-state index contributed by atoms with van der Waals surface area (Å²) in [6.45, 7) is 1.27. The van der Waals surface area contributed by atoms with E-state index in [1.807, 2.05) is 24.3 Å². The van der Waals surface area contributed by atoms with Crippen LogP contribution < -0.4 is 10.1 Å². The molecule has 0 spiro atoms. The Morgan fingerprint density at radius 2 is 1.89 bits per heavy atom. The average molecular weight is 383 g/mol. The van der Waals surface area contributed by atoms with Crippen molar-refractivity contribution in [3.05, 3.63) is 58.6 Å². The lowest BCUT2D eigenvalue weighted by Gasteiger charge is -2.29. The number of nitrogens with one attached hydrogen (secondary N) is 1. The van der Waals surface area contributed by atoms with Gasteiger partial charge < -0.3 is 10.1 Å². The lowest BCUT2D eigenvalue weighted by atomic mass is 9.78. The first-order chi connectivity index (χ1) is 13.0. The number of benzene rings is 2. The zero-order valence-corrected chi connectivity index (χ0v) is 15.7. The van der Waals surface area contributed by atoms with Crippen molar-refractivity contribution in [2.75, 3.05) is 5.32 Å². The zero-order chi connectivity index (χ0) is 19.4. The molecular weight excluding hydrogens is 364 g/mol. The van der Waals surface area contributed by atoms with E-state index in [2.05, 4.69) is 5.32 Å². The standard InChI is InChI=1S/C21H19ClN2O3/c1-14(25)27-19-9-8-16(12-15(19)13-23)24-20(26)21(10-4-5-11-21)17-6-2-3-7-18(17)22/h2-3,6-9,12H,4-5,10-11H2,1H3,(H,24,26). The van der Waals surface area contributed by atoms with E-state index in [0.29, 0.717) is 10.7 Å². The highest BCUT2D eigenvalue weighted by atomic mass is 35.5. The number of ether oxygens (including phenoxy) is 1. The van der Waals surface area contributed by atoms with Crippen LogP contribution in [-0.4, -0.2) is 11.9 Å². The molecular formula is C21H19ClN2O3. The van der Waals surface area contributed by atoms with E-state index in [4.69, 9.17) is 16.3 Å². The molecule has 1 fully saturated rings. The van der Waals surface area contributed by atoms with Crippen LogP contribution in [0.25, 0.3) is 0 Å². The van der Waals surface area contributed by atoms with E-state index >= 15 is 0 Å². The maximum absolute atomic E-state index is 13.2. The minimum absolute atomic E-state index is 0.141. The van der Waals surface area contributed by atoms with Crippen LogP contribution in [0.1, 0.15) is 43.7 Å². The molecule has 2 aromatic carbocycles. The fraction of sp³-hybridized carbons (Fsp3) is 0.286. The van der Waals surface area contributed by atoms with Crippen LogP contribution in [0.5, 0.6) is 5.75 Å². The molecule has 0 radical (unpaired) electrons. The van der Waals surface area contributed by atoms with E-state index in [0.717, 1.165) is 31.2 Å². The molecule has 0 heterocycles. The van der Waals surface area contributed by atoms with E-state index in [1.54, 1.807) is 12.1 Å². The van der Waals surface area contributed by atoms with Gasteiger partial charge in [0.15, 0.2) is 0 Å². The Kier molecular flexibility index (Phi) is 5.48. The van der Waals surface area contributed by atoms with Gasteiger partial charge in [-0.15, -0.1) is 0 Å². The summed E-state index contributed by atoms with van der Waals surface area (Å²) < 4.78 is 5.01. The Labute approximate surface area is 162 Å². The molecule has 27 heavy (non-hydrogen) atoms. The second-order valence-electron chi connectivity index (χ2n) is 6.64. The predicted molar refractivity (Wildman–Crippen MR) is 103 cm³/mol. The van der Waals surface area contributed by atoms with E-state index in [-0.39, 0.29) is 17.2 Å². The van der Waals surface area contributed by atoms with Crippen LogP contribution in [-0.2, 0) is 15.0 Å². The highest BCUT2D eigenvalue weighted by molar-refractivity contribution is 6.31. The third-order valence-electron chi connectivity index (χ3n) is 4.89. The highest BCUT2D eigenvalue weighted by Crippen LogP contribution is 2.44. The first-order valence-electron chi connectivity index (χ1n) is 8.75. The number of amides is 1. The van der Waals surface area contributed by atoms with Crippen molar-refractivity contribution in [2.24, 2.45) is 0 Å². The number of hydrogen-bond donors (Lipinski definition) is 1. The Hall–Kier alpha value is -2.84. The summed E-state index contributed by atoms with van der Waals surface area (Å²) in [5.41, 5.74) is 0.811. The topological polar surface area (TPSA) is 79.2 Å². The number of anilines is 1. The number of hydrogen-bond acceptors (Lipinski definition) is 4. The van der Waals surface area contributed by atoms with Gasteiger partial charge in [0.1, 0.15) is 11.8 Å². The molecule has 1 saturated carbocycles. The summed E-state index contributed by atoms with van der Waals surface area (Å²) in [5.74, 6) is -0.478. The molecule has 6 heteroatoms. The van der Waals surface area contributed by atoms with Gasteiger partial charge in [0.05, 0.1) is 11.0 Å². The number of esters is 1. The second-order valence-corrected chi connectivity index (χ2v) is 7.05. The molecule has 0 aromatic heterocycles. The quantitative estimate of drug-likeness (QED) is 0.619. The summed E-state index contributed by atoms with van der Waals surface area (Å²) >= 11 is 6.39. The smallest absolute Gasteiger partial charge is 0.308 e. The molecule has 0 bridgehead atoms. The van der Waals surface area contributed by atoms with Crippen LogP contribution in [0.4, 0.5) is 5.69 Å². The number of nitrogens with zero attached hydrogens (tertiary/aromatic N) is 1. The number of carbonyl (C=O) groups is 2. The Morgan fingerprint density at radius 3 is 2.52 bits per heavy atom. The Balaban J connectivity index is 1.90. The normalized spacial score (nSPS) is 15.0. The van der Waals surface area contributed by atoms with Crippen LogP contribution >= 0.6 is 11.6 Å². The van der Waals surface area contributed by atoms with Gasteiger partial charge in [0, 0.05) is 17.6 Å². The van der Waals surface area contributed by atoms with Gasteiger partial charge in [-0.05, 0) is 42.7 Å².